The third kappa shape index (κ3) is 1.75. The van der Waals surface area contributed by atoms with Gasteiger partial charge in [0.1, 0.15) is 24.1 Å². The van der Waals surface area contributed by atoms with Crippen molar-refractivity contribution in [2.24, 2.45) is 5.92 Å². The summed E-state index contributed by atoms with van der Waals surface area (Å²) < 4.78 is 47.7. The number of hydrogen-bond donors (Lipinski definition) is 0. The Hall–Kier alpha value is -1.53. The molecule has 0 bridgehead atoms. The molecule has 3 atom stereocenters. The van der Waals surface area contributed by atoms with Gasteiger partial charge in [0.15, 0.2) is 0 Å². The summed E-state index contributed by atoms with van der Waals surface area (Å²) >= 11 is 0. The second-order valence-corrected chi connectivity index (χ2v) is 5.30. The quantitative estimate of drug-likeness (QED) is 0.800. The van der Waals surface area contributed by atoms with Crippen molar-refractivity contribution in [3.05, 3.63) is 17.0 Å². The van der Waals surface area contributed by atoms with Crippen LogP contribution in [0.25, 0.3) is 0 Å². The van der Waals surface area contributed by atoms with E-state index in [0.29, 0.717) is 12.0 Å². The van der Waals surface area contributed by atoms with Crippen LogP contribution in [0.3, 0.4) is 0 Å². The van der Waals surface area contributed by atoms with E-state index in [1.165, 1.54) is 6.92 Å². The molecular weight excluding hydrogens is 273 g/mol. The number of carbonyl (C=O) groups is 1. The van der Waals surface area contributed by atoms with E-state index in [1.54, 1.807) is 6.92 Å². The molecule has 2 aliphatic carbocycles. The number of alkyl halides is 3. The molecule has 1 aromatic heterocycles. The molecule has 3 rings (SSSR count). The highest BCUT2D eigenvalue weighted by atomic mass is 19.3. The summed E-state index contributed by atoms with van der Waals surface area (Å²) in [7, 11) is 0. The van der Waals surface area contributed by atoms with Gasteiger partial charge < -0.3 is 4.74 Å². The number of fused-ring (bicyclic) bond motifs is 3. The lowest BCUT2D eigenvalue weighted by Gasteiger charge is -2.15. The zero-order valence-corrected chi connectivity index (χ0v) is 11.2. The van der Waals surface area contributed by atoms with E-state index < -0.39 is 30.5 Å². The zero-order chi connectivity index (χ0) is 14.7. The maximum absolute atomic E-state index is 14.2. The fourth-order valence-corrected chi connectivity index (χ4v) is 3.04. The number of carbonyl (C=O) groups excluding carboxylic acids is 1. The van der Waals surface area contributed by atoms with E-state index in [4.69, 9.17) is 4.74 Å². The standard InChI is InChI=1S/C13H15F3N2O2/c1-3-20-9(19)5-18-12-10(11(17-18)6(2)14)7-4-8(7)13(12,15)16/h6-8H,3-5H2,1-2H3. The van der Waals surface area contributed by atoms with Gasteiger partial charge in [0.05, 0.1) is 6.61 Å². The van der Waals surface area contributed by atoms with E-state index in [9.17, 15) is 18.0 Å². The van der Waals surface area contributed by atoms with Crippen molar-refractivity contribution in [1.29, 1.82) is 0 Å². The Labute approximate surface area is 113 Å². The van der Waals surface area contributed by atoms with Gasteiger partial charge in [-0.2, -0.15) is 13.9 Å². The molecule has 0 radical (unpaired) electrons. The first-order chi connectivity index (χ1) is 9.37. The Morgan fingerprint density at radius 1 is 1.60 bits per heavy atom. The van der Waals surface area contributed by atoms with Gasteiger partial charge in [0.2, 0.25) is 0 Å². The zero-order valence-electron chi connectivity index (χ0n) is 11.2. The summed E-state index contributed by atoms with van der Waals surface area (Å²) in [6.07, 6.45) is -1.06. The first kappa shape index (κ1) is 13.5. The van der Waals surface area contributed by atoms with E-state index in [2.05, 4.69) is 5.10 Å². The Balaban J connectivity index is 2.02. The highest BCUT2D eigenvalue weighted by molar-refractivity contribution is 5.69. The van der Waals surface area contributed by atoms with Crippen LogP contribution in [-0.4, -0.2) is 22.4 Å². The van der Waals surface area contributed by atoms with E-state index in [-0.39, 0.29) is 23.9 Å². The Morgan fingerprint density at radius 3 is 2.90 bits per heavy atom. The molecule has 0 spiro atoms. The summed E-state index contributed by atoms with van der Waals surface area (Å²) in [4.78, 5) is 11.5. The monoisotopic (exact) mass is 288 g/mol. The number of esters is 1. The number of aromatic nitrogens is 2. The average Bonchev–Trinajstić information content (AvgIpc) is 3.00. The van der Waals surface area contributed by atoms with Gasteiger partial charge in [-0.1, -0.05) is 0 Å². The highest BCUT2D eigenvalue weighted by Crippen LogP contribution is 2.68. The van der Waals surface area contributed by atoms with E-state index in [1.807, 2.05) is 0 Å². The van der Waals surface area contributed by atoms with Crippen molar-refractivity contribution in [1.82, 2.24) is 9.78 Å². The highest BCUT2D eigenvalue weighted by Gasteiger charge is 2.66. The van der Waals surface area contributed by atoms with Crippen molar-refractivity contribution in [3.8, 4) is 0 Å². The van der Waals surface area contributed by atoms with Gasteiger partial charge in [-0.3, -0.25) is 9.48 Å². The van der Waals surface area contributed by atoms with E-state index in [0.717, 1.165) is 4.68 Å². The summed E-state index contributed by atoms with van der Waals surface area (Å²) in [5.41, 5.74) is 0.0413. The molecule has 0 aliphatic heterocycles. The molecule has 7 heteroatoms. The second-order valence-electron chi connectivity index (χ2n) is 5.30. The number of rotatable bonds is 4. The third-order valence-electron chi connectivity index (χ3n) is 3.92. The fraction of sp³-hybridized carbons (Fsp3) is 0.692. The number of ether oxygens (including phenoxy) is 1. The molecule has 0 amide bonds. The van der Waals surface area contributed by atoms with Crippen molar-refractivity contribution in [2.45, 2.75) is 44.8 Å². The Kier molecular flexibility index (Phi) is 2.85. The molecule has 1 saturated carbocycles. The maximum Gasteiger partial charge on any atom is 0.327 e. The van der Waals surface area contributed by atoms with Crippen molar-refractivity contribution >= 4 is 5.97 Å². The lowest BCUT2D eigenvalue weighted by molar-refractivity contribution is -0.144. The van der Waals surface area contributed by atoms with Crippen molar-refractivity contribution in [3.63, 3.8) is 0 Å². The Bertz CT molecular complexity index is 568. The molecule has 1 aromatic rings. The van der Waals surface area contributed by atoms with Gasteiger partial charge in [0, 0.05) is 11.5 Å². The summed E-state index contributed by atoms with van der Waals surface area (Å²) in [5.74, 6) is -4.76. The lowest BCUT2D eigenvalue weighted by Crippen LogP contribution is -2.23. The summed E-state index contributed by atoms with van der Waals surface area (Å²) in [5, 5.41) is 3.89. The summed E-state index contributed by atoms with van der Waals surface area (Å²) in [6, 6.07) is 0. The van der Waals surface area contributed by atoms with Crippen LogP contribution >= 0.6 is 0 Å². The first-order valence-corrected chi connectivity index (χ1v) is 6.66. The SMILES string of the molecule is CCOC(=O)Cn1nc(C(C)F)c2c1C(F)(F)C1CC21. The van der Waals surface area contributed by atoms with Crippen LogP contribution in [0, 0.1) is 5.92 Å². The minimum Gasteiger partial charge on any atom is -0.465 e. The van der Waals surface area contributed by atoms with Crippen LogP contribution in [0.4, 0.5) is 13.2 Å². The smallest absolute Gasteiger partial charge is 0.327 e. The van der Waals surface area contributed by atoms with Crippen LogP contribution in [0.5, 0.6) is 0 Å². The molecule has 1 heterocycles. The normalized spacial score (nSPS) is 26.9. The van der Waals surface area contributed by atoms with Gasteiger partial charge in [-0.05, 0) is 26.2 Å². The second kappa shape index (κ2) is 4.23. The minimum absolute atomic E-state index is 0.0361. The number of hydrogen-bond acceptors (Lipinski definition) is 3. The van der Waals surface area contributed by atoms with Crippen molar-refractivity contribution in [2.75, 3.05) is 6.61 Å². The fourth-order valence-electron chi connectivity index (χ4n) is 3.04. The minimum atomic E-state index is -3.04. The predicted octanol–water partition coefficient (Wildman–Crippen LogP) is 2.69. The first-order valence-electron chi connectivity index (χ1n) is 6.66. The van der Waals surface area contributed by atoms with Crippen LogP contribution in [0.2, 0.25) is 0 Å². The molecule has 0 N–H and O–H groups in total. The largest absolute Gasteiger partial charge is 0.465 e. The molecule has 2 aliphatic rings. The van der Waals surface area contributed by atoms with Gasteiger partial charge >= 0.3 is 5.97 Å². The van der Waals surface area contributed by atoms with Crippen LogP contribution in [-0.2, 0) is 22.0 Å². The topological polar surface area (TPSA) is 44.1 Å². The maximum atomic E-state index is 14.2. The Morgan fingerprint density at radius 2 is 2.30 bits per heavy atom. The van der Waals surface area contributed by atoms with Gasteiger partial charge in [-0.25, -0.2) is 4.39 Å². The van der Waals surface area contributed by atoms with Crippen LogP contribution in [0.1, 0.15) is 49.3 Å². The lowest BCUT2D eigenvalue weighted by atomic mass is 10.1. The molecule has 3 unspecified atom stereocenters. The van der Waals surface area contributed by atoms with Crippen molar-refractivity contribution < 1.29 is 22.7 Å². The molecule has 4 nitrogen and oxygen atoms in total. The van der Waals surface area contributed by atoms with E-state index >= 15 is 0 Å². The molecule has 20 heavy (non-hydrogen) atoms. The molecule has 1 fully saturated rings. The summed E-state index contributed by atoms with van der Waals surface area (Å²) in [6.45, 7) is 2.66. The number of halogens is 3. The van der Waals surface area contributed by atoms with Gasteiger partial charge in [-0.15, -0.1) is 0 Å². The van der Waals surface area contributed by atoms with Crippen LogP contribution < -0.4 is 0 Å². The molecule has 0 saturated heterocycles. The average molecular weight is 288 g/mol. The third-order valence-corrected chi connectivity index (χ3v) is 3.92. The molecule has 0 aromatic carbocycles. The van der Waals surface area contributed by atoms with Crippen LogP contribution in [0.15, 0.2) is 0 Å². The van der Waals surface area contributed by atoms with Gasteiger partial charge in [0.25, 0.3) is 5.92 Å². The predicted molar refractivity (Wildman–Crippen MR) is 63.1 cm³/mol. The number of nitrogens with zero attached hydrogens (tertiary/aromatic N) is 2. The molecule has 110 valence electrons. The molecular formula is C13H15F3N2O2.